The van der Waals surface area contributed by atoms with E-state index in [4.69, 9.17) is 25.8 Å². The normalized spacial score (nSPS) is 29.5. The summed E-state index contributed by atoms with van der Waals surface area (Å²) in [6.07, 6.45) is 4.94. The number of ether oxygens (including phenoxy) is 3. The Kier molecular flexibility index (Phi) is 11.8. The van der Waals surface area contributed by atoms with Gasteiger partial charge in [0.15, 0.2) is 0 Å². The zero-order valence-corrected chi connectivity index (χ0v) is 35.0. The van der Waals surface area contributed by atoms with Crippen molar-refractivity contribution in [2.75, 3.05) is 13.2 Å². The van der Waals surface area contributed by atoms with Crippen molar-refractivity contribution >= 4 is 56.2 Å². The molecule has 3 N–H and O–H groups in total. The molecule has 1 aromatic carbocycles. The van der Waals surface area contributed by atoms with E-state index in [9.17, 15) is 27.6 Å². The number of carbonyl (C=O) groups is 4. The molecule has 14 nitrogen and oxygen atoms in total. The fraction of sp³-hybridized carbons (Fsp3) is 0.675. The Morgan fingerprint density at radius 2 is 1.80 bits per heavy atom. The SMILES string of the molecule is CCOc1cnc(O[C@@H]2C[C@H]3C(=O)N[C@]4(C(=O)NS(=O)(=O)C5(C)CC5)C[C@H]4CCCC[C@@H](C)C[C@@H](C)[C@H](NC(=O)OC(C)(C)C)C(=O)N3C2)c2cc(Cl)ccc12. The van der Waals surface area contributed by atoms with Crippen LogP contribution >= 0.6 is 11.6 Å². The third-order valence-electron chi connectivity index (χ3n) is 11.7. The summed E-state index contributed by atoms with van der Waals surface area (Å²) in [4.78, 5) is 62.5. The van der Waals surface area contributed by atoms with Crippen molar-refractivity contribution in [3.05, 3.63) is 29.4 Å². The maximum atomic E-state index is 14.8. The molecule has 2 saturated carbocycles. The van der Waals surface area contributed by atoms with Crippen LogP contribution in [0, 0.1) is 17.8 Å². The highest BCUT2D eigenvalue weighted by Gasteiger charge is 2.63. The molecule has 308 valence electrons. The van der Waals surface area contributed by atoms with Crippen LogP contribution in [0.25, 0.3) is 10.8 Å². The number of pyridine rings is 1. The summed E-state index contributed by atoms with van der Waals surface area (Å²) in [5.74, 6) is -1.53. The van der Waals surface area contributed by atoms with Gasteiger partial charge in [-0.15, -0.1) is 0 Å². The van der Waals surface area contributed by atoms with Crippen LogP contribution in [0.1, 0.15) is 106 Å². The van der Waals surface area contributed by atoms with E-state index in [0.717, 1.165) is 24.6 Å². The average molecular weight is 818 g/mol. The number of aromatic nitrogens is 1. The van der Waals surface area contributed by atoms with E-state index < -0.39 is 67.9 Å². The van der Waals surface area contributed by atoms with E-state index in [-0.39, 0.29) is 43.0 Å². The van der Waals surface area contributed by atoms with E-state index in [2.05, 4.69) is 27.3 Å². The zero-order valence-electron chi connectivity index (χ0n) is 33.4. The molecule has 4 aliphatic rings. The molecule has 7 atom stereocenters. The number of sulfonamides is 1. The number of alkyl carbamates (subject to hydrolysis) is 1. The van der Waals surface area contributed by atoms with Crippen molar-refractivity contribution < 1.29 is 41.8 Å². The van der Waals surface area contributed by atoms with Crippen LogP contribution in [0.15, 0.2) is 24.4 Å². The van der Waals surface area contributed by atoms with Gasteiger partial charge in [0.1, 0.15) is 35.1 Å². The van der Waals surface area contributed by atoms with Crippen LogP contribution in [0.5, 0.6) is 11.6 Å². The maximum Gasteiger partial charge on any atom is 0.408 e. The molecule has 0 unspecified atom stereocenters. The number of nitrogens with zero attached hydrogens (tertiary/aromatic N) is 2. The van der Waals surface area contributed by atoms with Crippen molar-refractivity contribution in [1.82, 2.24) is 25.2 Å². The molecule has 0 radical (unpaired) electrons. The number of hydrogen-bond acceptors (Lipinski definition) is 10. The van der Waals surface area contributed by atoms with E-state index in [1.54, 1.807) is 46.0 Å². The highest BCUT2D eigenvalue weighted by molar-refractivity contribution is 7.91. The Hall–Kier alpha value is -3.85. The number of nitrogens with one attached hydrogen (secondary N) is 3. The van der Waals surface area contributed by atoms with Crippen molar-refractivity contribution in [2.24, 2.45) is 17.8 Å². The molecular weight excluding hydrogens is 762 g/mol. The van der Waals surface area contributed by atoms with Gasteiger partial charge in [0.05, 0.1) is 24.1 Å². The number of halogens is 1. The second-order valence-electron chi connectivity index (χ2n) is 17.5. The second kappa shape index (κ2) is 15.8. The van der Waals surface area contributed by atoms with Gasteiger partial charge >= 0.3 is 6.09 Å². The number of rotatable bonds is 8. The number of amides is 4. The Bertz CT molecular complexity index is 1970. The van der Waals surface area contributed by atoms with Gasteiger partial charge in [0.25, 0.3) is 5.91 Å². The molecule has 56 heavy (non-hydrogen) atoms. The average Bonchev–Trinajstić information content (AvgIpc) is 3.99. The monoisotopic (exact) mass is 817 g/mol. The van der Waals surface area contributed by atoms with E-state index in [1.807, 2.05) is 19.9 Å². The van der Waals surface area contributed by atoms with Crippen LogP contribution in [0.2, 0.25) is 5.02 Å². The Morgan fingerprint density at radius 3 is 2.48 bits per heavy atom. The smallest absolute Gasteiger partial charge is 0.408 e. The predicted molar refractivity (Wildman–Crippen MR) is 211 cm³/mol. The minimum absolute atomic E-state index is 0.0250. The first kappa shape index (κ1) is 41.8. The molecule has 3 heterocycles. The topological polar surface area (TPSA) is 182 Å². The third kappa shape index (κ3) is 8.98. The standard InChI is InChI=1S/C40H56ClN5O9S/c1-8-53-31-21-42-34(29-18-26(41)13-14-28(29)31)54-27-19-30-33(47)44-40(36(49)45-56(51,52)39(7)15-16-39)20-25(40)12-10-9-11-23(2)17-24(3)32(35(48)46(30)22-27)43-37(50)55-38(4,5)6/h13-14,18,21,23-25,27,30,32H,8-12,15-17,19-20,22H2,1-7H3,(H,43,50)(H,44,47)(H,45,49)/t23-,24-,25-,27-,30+,32+,40-/m1/s1. The molecule has 0 spiro atoms. The summed E-state index contributed by atoms with van der Waals surface area (Å²) < 4.78 is 45.6. The quantitative estimate of drug-likeness (QED) is 0.302. The van der Waals surface area contributed by atoms with Gasteiger partial charge in [0, 0.05) is 22.2 Å². The first-order valence-corrected chi connectivity index (χ1v) is 21.7. The number of hydrogen-bond donors (Lipinski definition) is 3. The van der Waals surface area contributed by atoms with Gasteiger partial charge in [-0.25, -0.2) is 18.2 Å². The van der Waals surface area contributed by atoms with Gasteiger partial charge in [-0.3, -0.25) is 19.1 Å². The molecule has 2 aliphatic carbocycles. The van der Waals surface area contributed by atoms with Gasteiger partial charge in [0.2, 0.25) is 27.7 Å². The van der Waals surface area contributed by atoms with Crippen LogP contribution in [-0.4, -0.2) is 89.3 Å². The number of carbonyl (C=O) groups excluding carboxylic acids is 4. The minimum atomic E-state index is -3.99. The molecule has 16 heteroatoms. The summed E-state index contributed by atoms with van der Waals surface area (Å²) in [6, 6.07) is 3.07. The lowest BCUT2D eigenvalue weighted by molar-refractivity contribution is -0.142. The van der Waals surface area contributed by atoms with Crippen LogP contribution < -0.4 is 24.8 Å². The first-order valence-electron chi connectivity index (χ1n) is 19.8. The molecule has 2 aromatic rings. The van der Waals surface area contributed by atoms with Gasteiger partial charge in [-0.05, 0) is 103 Å². The maximum absolute atomic E-state index is 14.8. The minimum Gasteiger partial charge on any atom is -0.492 e. The number of fused-ring (bicyclic) bond motifs is 3. The molecular formula is C40H56ClN5O9S. The van der Waals surface area contributed by atoms with E-state index >= 15 is 0 Å². The molecule has 4 amide bonds. The highest BCUT2D eigenvalue weighted by atomic mass is 35.5. The van der Waals surface area contributed by atoms with E-state index in [1.165, 1.54) is 4.90 Å². The predicted octanol–water partition coefficient (Wildman–Crippen LogP) is 5.64. The lowest BCUT2D eigenvalue weighted by Crippen LogP contribution is -2.59. The summed E-state index contributed by atoms with van der Waals surface area (Å²) >= 11 is 6.40. The zero-order chi connectivity index (χ0) is 40.8. The first-order chi connectivity index (χ1) is 26.3. The molecule has 2 aliphatic heterocycles. The fourth-order valence-electron chi connectivity index (χ4n) is 8.14. The summed E-state index contributed by atoms with van der Waals surface area (Å²) in [5.41, 5.74) is -2.28. The summed E-state index contributed by atoms with van der Waals surface area (Å²) in [7, 11) is -3.99. The van der Waals surface area contributed by atoms with Crippen LogP contribution in [0.3, 0.4) is 0 Å². The van der Waals surface area contributed by atoms with Crippen molar-refractivity contribution in [1.29, 1.82) is 0 Å². The lowest BCUT2D eigenvalue weighted by Gasteiger charge is -2.33. The fourth-order valence-corrected chi connectivity index (χ4v) is 9.63. The Labute approximate surface area is 334 Å². The second-order valence-corrected chi connectivity index (χ2v) is 20.1. The number of benzene rings is 1. The molecule has 6 rings (SSSR count). The van der Waals surface area contributed by atoms with Crippen molar-refractivity contribution in [3.63, 3.8) is 0 Å². The lowest BCUT2D eigenvalue weighted by atomic mass is 9.87. The van der Waals surface area contributed by atoms with Gasteiger partial charge in [-0.2, -0.15) is 0 Å². The van der Waals surface area contributed by atoms with Crippen LogP contribution in [-0.2, 0) is 29.1 Å². The third-order valence-corrected chi connectivity index (χ3v) is 14.1. The Morgan fingerprint density at radius 1 is 1.09 bits per heavy atom. The van der Waals surface area contributed by atoms with Gasteiger partial charge < -0.3 is 29.7 Å². The highest BCUT2D eigenvalue weighted by Crippen LogP contribution is 2.49. The van der Waals surface area contributed by atoms with E-state index in [0.29, 0.717) is 48.4 Å². The summed E-state index contributed by atoms with van der Waals surface area (Å²) in [5, 5.41) is 7.52. The van der Waals surface area contributed by atoms with Crippen molar-refractivity contribution in [3.8, 4) is 11.6 Å². The summed E-state index contributed by atoms with van der Waals surface area (Å²) in [6.45, 7) is 13.1. The largest absolute Gasteiger partial charge is 0.492 e. The molecule has 0 bridgehead atoms. The van der Waals surface area contributed by atoms with Crippen molar-refractivity contribution in [2.45, 2.75) is 140 Å². The molecule has 1 aromatic heterocycles. The molecule has 2 saturated heterocycles. The Balaban J connectivity index is 1.35. The molecule has 4 fully saturated rings. The van der Waals surface area contributed by atoms with Crippen LogP contribution in [0.4, 0.5) is 4.79 Å². The van der Waals surface area contributed by atoms with Gasteiger partial charge in [-0.1, -0.05) is 44.7 Å².